The molecule has 0 bridgehead atoms. The molecule has 0 saturated heterocycles. The number of carbonyl (C=O) groups is 1. The van der Waals surface area contributed by atoms with Crippen LogP contribution in [-0.2, 0) is 4.79 Å². The Morgan fingerprint density at radius 3 is 1.89 bits per heavy atom. The van der Waals surface area contributed by atoms with E-state index < -0.39 is 0 Å². The van der Waals surface area contributed by atoms with Crippen LogP contribution in [0.25, 0.3) is 6.08 Å². The summed E-state index contributed by atoms with van der Waals surface area (Å²) in [4.78, 5) is 11.7. The number of Topliss-reactive ketones (excluding diaryl/α,β-unsaturated/α-hetero) is 1. The van der Waals surface area contributed by atoms with E-state index >= 15 is 0 Å². The third kappa shape index (κ3) is 2.68. The Morgan fingerprint density at radius 1 is 0.947 bits per heavy atom. The zero-order chi connectivity index (χ0) is 14.2. The number of carbonyl (C=O) groups excluding carboxylic acids is 1. The van der Waals surface area contributed by atoms with E-state index in [1.807, 2.05) is 58.1 Å². The van der Waals surface area contributed by atoms with E-state index in [2.05, 4.69) is 0 Å². The van der Waals surface area contributed by atoms with E-state index in [4.69, 9.17) is 0 Å². The van der Waals surface area contributed by atoms with Gasteiger partial charge in [0.1, 0.15) is 0 Å². The summed E-state index contributed by atoms with van der Waals surface area (Å²) in [5, 5.41) is 11.7. The number of rotatable bonds is 1. The predicted molar refractivity (Wildman–Crippen MR) is 75.9 cm³/mol. The molecule has 0 N–H and O–H groups in total. The van der Waals surface area contributed by atoms with Gasteiger partial charge in [0.15, 0.2) is 5.78 Å². The predicted octanol–water partition coefficient (Wildman–Crippen LogP) is 3.24. The second kappa shape index (κ2) is 4.88. The number of hydrogen-bond acceptors (Lipinski definition) is 2. The molecule has 1 aliphatic carbocycles. The Hall–Kier alpha value is -2.09. The van der Waals surface area contributed by atoms with E-state index in [1.165, 1.54) is 0 Å². The summed E-state index contributed by atoms with van der Waals surface area (Å²) in [5.41, 5.74) is 4.99. The smallest absolute Gasteiger partial charge is 0.184 e. The topological polar surface area (TPSA) is 40.1 Å². The molecule has 2 heteroatoms. The SMILES string of the molecule is CC1=CC(=Cc2cc(C)c([O-])c(C)c2)C=C(C)C1=O. The summed E-state index contributed by atoms with van der Waals surface area (Å²) in [5.74, 6) is 0.193. The highest BCUT2D eigenvalue weighted by molar-refractivity contribution is 6.09. The third-order valence-electron chi connectivity index (χ3n) is 3.30. The van der Waals surface area contributed by atoms with Gasteiger partial charge in [-0.05, 0) is 68.2 Å². The minimum Gasteiger partial charge on any atom is -0.872 e. The molecule has 0 radical (unpaired) electrons. The minimum absolute atomic E-state index is 0.0967. The molecule has 0 heterocycles. The fourth-order valence-corrected chi connectivity index (χ4v) is 2.33. The molecule has 0 spiro atoms. The van der Waals surface area contributed by atoms with Gasteiger partial charge in [-0.25, -0.2) is 0 Å². The average molecular weight is 253 g/mol. The van der Waals surface area contributed by atoms with E-state index in [9.17, 15) is 9.90 Å². The molecule has 0 aliphatic heterocycles. The lowest BCUT2D eigenvalue weighted by Gasteiger charge is -2.15. The van der Waals surface area contributed by atoms with Crippen LogP contribution in [0.15, 0.2) is 41.0 Å². The summed E-state index contributed by atoms with van der Waals surface area (Å²) >= 11 is 0. The maximum absolute atomic E-state index is 11.7. The van der Waals surface area contributed by atoms with E-state index in [1.54, 1.807) is 0 Å². The van der Waals surface area contributed by atoms with E-state index in [0.29, 0.717) is 0 Å². The van der Waals surface area contributed by atoms with Crippen LogP contribution < -0.4 is 5.11 Å². The Kier molecular flexibility index (Phi) is 3.43. The molecule has 0 atom stereocenters. The maximum atomic E-state index is 11.7. The van der Waals surface area contributed by atoms with Gasteiger partial charge in [0.25, 0.3) is 0 Å². The molecular formula is C17H17O2-. The van der Waals surface area contributed by atoms with Crippen LogP contribution in [0.3, 0.4) is 0 Å². The van der Waals surface area contributed by atoms with Gasteiger partial charge in [-0.15, -0.1) is 5.75 Å². The monoisotopic (exact) mass is 253 g/mol. The van der Waals surface area contributed by atoms with Crippen LogP contribution in [0.1, 0.15) is 30.5 Å². The van der Waals surface area contributed by atoms with Crippen molar-refractivity contribution in [3.63, 3.8) is 0 Å². The van der Waals surface area contributed by atoms with Crippen molar-refractivity contribution in [2.75, 3.05) is 0 Å². The number of benzene rings is 1. The number of hydrogen-bond donors (Lipinski definition) is 0. The lowest BCUT2D eigenvalue weighted by Crippen LogP contribution is -2.05. The molecule has 0 fully saturated rings. The van der Waals surface area contributed by atoms with Crippen LogP contribution in [0.4, 0.5) is 0 Å². The molecule has 1 aliphatic rings. The van der Waals surface area contributed by atoms with Crippen LogP contribution >= 0.6 is 0 Å². The zero-order valence-corrected chi connectivity index (χ0v) is 11.7. The lowest BCUT2D eigenvalue weighted by molar-refractivity contribution is -0.270. The first-order valence-electron chi connectivity index (χ1n) is 6.29. The first-order chi connectivity index (χ1) is 8.88. The second-order valence-corrected chi connectivity index (χ2v) is 5.11. The van der Waals surface area contributed by atoms with Gasteiger partial charge >= 0.3 is 0 Å². The summed E-state index contributed by atoms with van der Waals surface area (Å²) in [6.45, 7) is 7.29. The molecule has 98 valence electrons. The molecule has 0 saturated carbocycles. The van der Waals surface area contributed by atoms with Crippen molar-refractivity contribution in [3.8, 4) is 5.75 Å². The van der Waals surface area contributed by atoms with Gasteiger partial charge in [-0.3, -0.25) is 4.79 Å². The highest BCUT2D eigenvalue weighted by Gasteiger charge is 2.12. The molecule has 0 aromatic heterocycles. The molecule has 0 unspecified atom stereocenters. The van der Waals surface area contributed by atoms with E-state index in [0.717, 1.165) is 33.4 Å². The normalized spacial score (nSPS) is 15.2. The fraction of sp³-hybridized carbons (Fsp3) is 0.235. The Balaban J connectivity index is 2.45. The van der Waals surface area contributed by atoms with Gasteiger partial charge in [0.05, 0.1) is 0 Å². The average Bonchev–Trinajstić information content (AvgIpc) is 2.33. The van der Waals surface area contributed by atoms with Crippen molar-refractivity contribution >= 4 is 11.9 Å². The summed E-state index contributed by atoms with van der Waals surface area (Å²) in [6, 6.07) is 3.76. The summed E-state index contributed by atoms with van der Waals surface area (Å²) in [6.07, 6.45) is 5.76. The van der Waals surface area contributed by atoms with Crippen molar-refractivity contribution in [3.05, 3.63) is 57.7 Å². The quantitative estimate of drug-likeness (QED) is 0.770. The van der Waals surface area contributed by atoms with Crippen LogP contribution in [-0.4, -0.2) is 5.78 Å². The Bertz CT molecular complexity index is 596. The zero-order valence-electron chi connectivity index (χ0n) is 11.7. The van der Waals surface area contributed by atoms with Crippen molar-refractivity contribution < 1.29 is 9.90 Å². The maximum Gasteiger partial charge on any atom is 0.184 e. The highest BCUT2D eigenvalue weighted by Crippen LogP contribution is 2.24. The van der Waals surface area contributed by atoms with Crippen molar-refractivity contribution in [2.24, 2.45) is 0 Å². The van der Waals surface area contributed by atoms with Crippen LogP contribution in [0.5, 0.6) is 5.75 Å². The molecule has 1 aromatic rings. The molecule has 2 rings (SSSR count). The van der Waals surface area contributed by atoms with Crippen LogP contribution in [0, 0.1) is 13.8 Å². The van der Waals surface area contributed by atoms with Gasteiger partial charge in [0.2, 0.25) is 0 Å². The van der Waals surface area contributed by atoms with Gasteiger partial charge < -0.3 is 5.11 Å². The number of ketones is 1. The minimum atomic E-state index is 0.0967. The highest BCUT2D eigenvalue weighted by atomic mass is 16.3. The van der Waals surface area contributed by atoms with Gasteiger partial charge in [-0.1, -0.05) is 23.3 Å². The first kappa shape index (κ1) is 13.3. The second-order valence-electron chi connectivity index (χ2n) is 5.11. The standard InChI is InChI=1S/C17H18O2/c1-10-5-14(6-11(2)16(10)18)9-15-7-12(3)17(19)13(4)8-15/h5-9,18H,1-4H3/p-1. The summed E-state index contributed by atoms with van der Waals surface area (Å²) in [7, 11) is 0. The lowest BCUT2D eigenvalue weighted by atomic mass is 9.94. The fourth-order valence-electron chi connectivity index (χ4n) is 2.33. The van der Waals surface area contributed by atoms with E-state index in [-0.39, 0.29) is 11.5 Å². The third-order valence-corrected chi connectivity index (χ3v) is 3.30. The van der Waals surface area contributed by atoms with Crippen LogP contribution in [0.2, 0.25) is 0 Å². The Morgan fingerprint density at radius 2 is 1.42 bits per heavy atom. The van der Waals surface area contributed by atoms with Gasteiger partial charge in [0, 0.05) is 0 Å². The number of allylic oxidation sites excluding steroid dienone is 5. The summed E-state index contributed by atoms with van der Waals surface area (Å²) < 4.78 is 0. The van der Waals surface area contributed by atoms with Crippen molar-refractivity contribution in [1.29, 1.82) is 0 Å². The Labute approximate surface area is 113 Å². The molecule has 19 heavy (non-hydrogen) atoms. The van der Waals surface area contributed by atoms with Crippen molar-refractivity contribution in [1.82, 2.24) is 0 Å². The first-order valence-corrected chi connectivity index (χ1v) is 6.29. The molecule has 1 aromatic carbocycles. The number of aryl methyl sites for hydroxylation is 2. The van der Waals surface area contributed by atoms with Gasteiger partial charge in [-0.2, -0.15) is 0 Å². The molecular weight excluding hydrogens is 236 g/mol. The molecule has 0 amide bonds. The molecule has 2 nitrogen and oxygen atoms in total. The van der Waals surface area contributed by atoms with Crippen molar-refractivity contribution in [2.45, 2.75) is 27.7 Å². The largest absolute Gasteiger partial charge is 0.872 e.